The van der Waals surface area contributed by atoms with Crippen molar-refractivity contribution in [1.29, 1.82) is 0 Å². The molecule has 2 aliphatic rings. The number of ketones is 1. The van der Waals surface area contributed by atoms with E-state index in [1.807, 2.05) is 6.26 Å². The SMILES string of the molecule is C=C/C=C\C(SC)=C(/C(C)=O)C(=O)NC1(C2C=CC=CC2)CC(C)CN(C)C1. The van der Waals surface area contributed by atoms with Crippen LogP contribution in [-0.2, 0) is 9.59 Å². The van der Waals surface area contributed by atoms with Crippen LogP contribution in [0.4, 0.5) is 0 Å². The second kappa shape index (κ2) is 10.1. The first-order valence-electron chi connectivity index (χ1n) is 9.75. The lowest BCUT2D eigenvalue weighted by Crippen LogP contribution is -2.63. The second-order valence-electron chi connectivity index (χ2n) is 7.87. The van der Waals surface area contributed by atoms with Crippen molar-refractivity contribution in [2.45, 2.75) is 32.2 Å². The van der Waals surface area contributed by atoms with Gasteiger partial charge in [-0.1, -0.05) is 50.0 Å². The molecule has 0 bridgehead atoms. The molecule has 0 spiro atoms. The van der Waals surface area contributed by atoms with Gasteiger partial charge in [-0.2, -0.15) is 0 Å². The fourth-order valence-electron chi connectivity index (χ4n) is 4.41. The van der Waals surface area contributed by atoms with Gasteiger partial charge in [0, 0.05) is 23.9 Å². The molecule has 3 unspecified atom stereocenters. The van der Waals surface area contributed by atoms with E-state index in [4.69, 9.17) is 0 Å². The Hall–Kier alpha value is -1.85. The molecule has 5 heteroatoms. The fraction of sp³-hybridized carbons (Fsp3) is 0.478. The van der Waals surface area contributed by atoms with Crippen LogP contribution >= 0.6 is 11.8 Å². The third-order valence-corrected chi connectivity index (χ3v) is 6.15. The Labute approximate surface area is 173 Å². The van der Waals surface area contributed by atoms with Gasteiger partial charge >= 0.3 is 0 Å². The molecule has 1 N–H and O–H groups in total. The van der Waals surface area contributed by atoms with Crippen LogP contribution in [0.1, 0.15) is 26.7 Å². The summed E-state index contributed by atoms with van der Waals surface area (Å²) < 4.78 is 0. The molecule has 1 fully saturated rings. The standard InChI is InChI=1S/C23H32N2O2S/c1-6-7-13-20(28-5)21(18(3)26)22(27)24-23(19-11-9-8-10-12-19)14-17(2)15-25(4)16-23/h6-11,13,17,19H,1,12,14-16H2,2-5H3,(H,24,27)/b13-7-,21-20-. The molecule has 0 aromatic carbocycles. The third kappa shape index (κ3) is 5.36. The van der Waals surface area contributed by atoms with Gasteiger partial charge in [-0.15, -0.1) is 11.8 Å². The number of amides is 1. The minimum Gasteiger partial charge on any atom is -0.345 e. The Bertz CT molecular complexity index is 723. The Morgan fingerprint density at radius 3 is 2.64 bits per heavy atom. The number of rotatable bonds is 7. The molecule has 1 aliphatic carbocycles. The third-order valence-electron chi connectivity index (χ3n) is 5.37. The number of carbonyl (C=O) groups excluding carboxylic acids is 2. The van der Waals surface area contributed by atoms with Crippen LogP contribution in [0.25, 0.3) is 0 Å². The Morgan fingerprint density at radius 1 is 1.36 bits per heavy atom. The zero-order chi connectivity index (χ0) is 20.7. The van der Waals surface area contributed by atoms with E-state index in [1.165, 1.54) is 18.7 Å². The number of hydrogen-bond acceptors (Lipinski definition) is 4. The van der Waals surface area contributed by atoms with Gasteiger partial charge in [0.2, 0.25) is 0 Å². The highest BCUT2D eigenvalue weighted by molar-refractivity contribution is 8.02. The number of carbonyl (C=O) groups is 2. The molecule has 2 rings (SSSR count). The molecule has 1 aliphatic heterocycles. The van der Waals surface area contributed by atoms with Crippen LogP contribution in [0.3, 0.4) is 0 Å². The molecular weight excluding hydrogens is 368 g/mol. The van der Waals surface area contributed by atoms with Crippen molar-refractivity contribution in [2.24, 2.45) is 11.8 Å². The van der Waals surface area contributed by atoms with Crippen LogP contribution < -0.4 is 5.32 Å². The van der Waals surface area contributed by atoms with Gasteiger partial charge in [0.25, 0.3) is 5.91 Å². The zero-order valence-corrected chi connectivity index (χ0v) is 18.2. The van der Waals surface area contributed by atoms with Crippen LogP contribution in [0.5, 0.6) is 0 Å². The van der Waals surface area contributed by atoms with Gasteiger partial charge < -0.3 is 10.2 Å². The lowest BCUT2D eigenvalue weighted by atomic mass is 9.71. The van der Waals surface area contributed by atoms with Crippen molar-refractivity contribution in [1.82, 2.24) is 10.2 Å². The van der Waals surface area contributed by atoms with Crippen molar-refractivity contribution in [3.8, 4) is 0 Å². The lowest BCUT2D eigenvalue weighted by molar-refractivity contribution is -0.124. The van der Waals surface area contributed by atoms with Crippen molar-refractivity contribution in [3.05, 3.63) is 59.6 Å². The van der Waals surface area contributed by atoms with Crippen LogP contribution in [0.15, 0.2) is 59.6 Å². The average molecular weight is 401 g/mol. The summed E-state index contributed by atoms with van der Waals surface area (Å²) in [5, 5.41) is 3.32. The van der Waals surface area contributed by atoms with Gasteiger partial charge in [0.05, 0.1) is 11.1 Å². The molecule has 0 aromatic heterocycles. The van der Waals surface area contributed by atoms with E-state index in [-0.39, 0.29) is 23.2 Å². The minimum absolute atomic E-state index is 0.210. The molecule has 152 valence electrons. The Morgan fingerprint density at radius 2 is 2.11 bits per heavy atom. The molecule has 1 amide bonds. The predicted octanol–water partition coefficient (Wildman–Crippen LogP) is 3.89. The zero-order valence-electron chi connectivity index (χ0n) is 17.4. The number of piperidine rings is 1. The predicted molar refractivity (Wildman–Crippen MR) is 119 cm³/mol. The number of allylic oxidation sites excluding steroid dienone is 6. The first kappa shape index (κ1) is 22.4. The summed E-state index contributed by atoms with van der Waals surface area (Å²) in [4.78, 5) is 28.7. The van der Waals surface area contributed by atoms with Crippen molar-refractivity contribution < 1.29 is 9.59 Å². The number of Topliss-reactive ketones (excluding diaryl/α,β-unsaturated/α-hetero) is 1. The first-order chi connectivity index (χ1) is 13.3. The highest BCUT2D eigenvalue weighted by atomic mass is 32.2. The van der Waals surface area contributed by atoms with E-state index in [1.54, 1.807) is 18.2 Å². The topological polar surface area (TPSA) is 49.4 Å². The maximum absolute atomic E-state index is 13.4. The fourth-order valence-corrected chi connectivity index (χ4v) is 5.07. The van der Waals surface area contributed by atoms with Crippen molar-refractivity contribution >= 4 is 23.5 Å². The number of nitrogens with zero attached hydrogens (tertiary/aromatic N) is 1. The molecule has 1 saturated heterocycles. The van der Waals surface area contributed by atoms with E-state index in [0.29, 0.717) is 10.8 Å². The first-order valence-corrected chi connectivity index (χ1v) is 11.0. The summed E-state index contributed by atoms with van der Waals surface area (Å²) in [6.45, 7) is 9.14. The smallest absolute Gasteiger partial charge is 0.256 e. The maximum atomic E-state index is 13.4. The summed E-state index contributed by atoms with van der Waals surface area (Å²) in [7, 11) is 2.10. The van der Waals surface area contributed by atoms with Crippen molar-refractivity contribution in [2.75, 3.05) is 26.4 Å². The number of thioether (sulfide) groups is 1. The van der Waals surface area contributed by atoms with Crippen LogP contribution in [-0.4, -0.2) is 48.5 Å². The largest absolute Gasteiger partial charge is 0.345 e. The number of likely N-dealkylation sites (N-methyl/N-ethyl adjacent to an activating group) is 1. The van der Waals surface area contributed by atoms with Gasteiger partial charge in [-0.05, 0) is 45.1 Å². The highest BCUT2D eigenvalue weighted by Crippen LogP contribution is 2.36. The van der Waals surface area contributed by atoms with E-state index >= 15 is 0 Å². The summed E-state index contributed by atoms with van der Waals surface area (Å²) in [6, 6.07) is 0. The molecule has 3 atom stereocenters. The van der Waals surface area contributed by atoms with Gasteiger partial charge in [-0.3, -0.25) is 9.59 Å². The molecular formula is C23H32N2O2S. The molecule has 4 nitrogen and oxygen atoms in total. The maximum Gasteiger partial charge on any atom is 0.256 e. The van der Waals surface area contributed by atoms with E-state index in [0.717, 1.165) is 25.9 Å². The van der Waals surface area contributed by atoms with Crippen molar-refractivity contribution in [3.63, 3.8) is 0 Å². The normalized spacial score (nSPS) is 28.9. The van der Waals surface area contributed by atoms with Gasteiger partial charge in [0.1, 0.15) is 0 Å². The lowest BCUT2D eigenvalue weighted by Gasteiger charge is -2.49. The number of hydrogen-bond donors (Lipinski definition) is 1. The van der Waals surface area contributed by atoms with Crippen LogP contribution in [0, 0.1) is 11.8 Å². The minimum atomic E-state index is -0.392. The second-order valence-corrected chi connectivity index (χ2v) is 8.71. The summed E-state index contributed by atoms with van der Waals surface area (Å²) >= 11 is 1.40. The molecule has 0 saturated carbocycles. The summed E-state index contributed by atoms with van der Waals surface area (Å²) in [6.07, 6.45) is 17.3. The van der Waals surface area contributed by atoms with Crippen LogP contribution in [0.2, 0.25) is 0 Å². The molecule has 28 heavy (non-hydrogen) atoms. The Balaban J connectivity index is 2.43. The molecule has 0 radical (unpaired) electrons. The van der Waals surface area contributed by atoms with E-state index in [9.17, 15) is 9.59 Å². The average Bonchev–Trinajstić information content (AvgIpc) is 2.64. The monoisotopic (exact) mass is 400 g/mol. The quantitative estimate of drug-likeness (QED) is 0.305. The number of likely N-dealkylation sites (tertiary alicyclic amines) is 1. The molecule has 0 aromatic rings. The van der Waals surface area contributed by atoms with E-state index in [2.05, 4.69) is 55.1 Å². The summed E-state index contributed by atoms with van der Waals surface area (Å²) in [5.74, 6) is 0.170. The highest BCUT2D eigenvalue weighted by Gasteiger charge is 2.44. The summed E-state index contributed by atoms with van der Waals surface area (Å²) in [5.41, 5.74) is -0.168. The number of nitrogens with one attached hydrogen (secondary N) is 1. The van der Waals surface area contributed by atoms with E-state index < -0.39 is 5.54 Å². The Kier molecular flexibility index (Phi) is 8.08. The van der Waals surface area contributed by atoms with Gasteiger partial charge in [0.15, 0.2) is 5.78 Å². The van der Waals surface area contributed by atoms with Gasteiger partial charge in [-0.25, -0.2) is 0 Å². The molecule has 1 heterocycles.